The van der Waals surface area contributed by atoms with E-state index in [1.165, 1.54) is 37.7 Å². The second-order valence-electron chi connectivity index (χ2n) is 4.73. The Hall–Kier alpha value is -0.540. The van der Waals surface area contributed by atoms with Crippen molar-refractivity contribution in [2.24, 2.45) is 5.92 Å². The van der Waals surface area contributed by atoms with Crippen molar-refractivity contribution in [3.8, 4) is 0 Å². The minimum absolute atomic E-state index is 0.736. The molecule has 0 radical (unpaired) electrons. The minimum Gasteiger partial charge on any atom is -0.450 e. The van der Waals surface area contributed by atoms with Gasteiger partial charge in [-0.3, -0.25) is 0 Å². The van der Waals surface area contributed by atoms with Gasteiger partial charge < -0.3 is 9.73 Å². The largest absolute Gasteiger partial charge is 0.450 e. The van der Waals surface area contributed by atoms with Crippen LogP contribution in [-0.4, -0.2) is 13.6 Å². The molecule has 1 heterocycles. The number of hydrogen-bond acceptors (Lipinski definition) is 2. The third-order valence-electron chi connectivity index (χ3n) is 3.43. The summed E-state index contributed by atoms with van der Waals surface area (Å²) in [4.78, 5) is 0. The lowest BCUT2D eigenvalue weighted by molar-refractivity contribution is 0.397. The Morgan fingerprint density at radius 3 is 2.76 bits per heavy atom. The first-order valence-corrected chi connectivity index (χ1v) is 7.19. The van der Waals surface area contributed by atoms with Gasteiger partial charge in [0.2, 0.25) is 0 Å². The van der Waals surface area contributed by atoms with Gasteiger partial charge in [-0.1, -0.05) is 19.3 Å². The fourth-order valence-electron chi connectivity index (χ4n) is 2.58. The highest BCUT2D eigenvalue weighted by atomic mass is 79.9. The molecule has 1 aliphatic carbocycles. The Morgan fingerprint density at radius 2 is 2.18 bits per heavy atom. The first kappa shape index (κ1) is 12.9. The molecule has 0 saturated heterocycles. The van der Waals surface area contributed by atoms with Crippen LogP contribution in [0, 0.1) is 5.92 Å². The summed E-state index contributed by atoms with van der Waals surface area (Å²) in [5, 5.41) is 3.27. The average Bonchev–Trinajstić information content (AvgIpc) is 2.75. The summed E-state index contributed by atoms with van der Waals surface area (Å²) >= 11 is 3.35. The van der Waals surface area contributed by atoms with Crippen LogP contribution in [0.5, 0.6) is 0 Å². The topological polar surface area (TPSA) is 25.2 Å². The summed E-state index contributed by atoms with van der Waals surface area (Å²) in [5.74, 6) is 1.69. The van der Waals surface area contributed by atoms with Crippen molar-refractivity contribution in [3.63, 3.8) is 0 Å². The van der Waals surface area contributed by atoms with Crippen LogP contribution >= 0.6 is 15.9 Å². The number of furan rings is 1. The number of halogens is 1. The minimum atomic E-state index is 0.736. The molecule has 17 heavy (non-hydrogen) atoms. The van der Waals surface area contributed by atoms with Crippen LogP contribution in [0.1, 0.15) is 37.9 Å². The smallest absolute Gasteiger partial charge is 0.169 e. The van der Waals surface area contributed by atoms with Crippen molar-refractivity contribution in [3.05, 3.63) is 28.1 Å². The van der Waals surface area contributed by atoms with E-state index in [9.17, 15) is 0 Å². The Kier molecular flexibility index (Phi) is 4.86. The average molecular weight is 298 g/mol. The van der Waals surface area contributed by atoms with Gasteiger partial charge in [-0.15, -0.1) is 0 Å². The fourth-order valence-corrected chi connectivity index (χ4v) is 2.90. The molecule has 2 nitrogen and oxygen atoms in total. The zero-order chi connectivity index (χ0) is 12.1. The second-order valence-corrected chi connectivity index (χ2v) is 5.51. The highest BCUT2D eigenvalue weighted by Gasteiger charge is 2.17. The summed E-state index contributed by atoms with van der Waals surface area (Å²) in [7, 11) is 2.01. The predicted octanol–water partition coefficient (Wildman–Crippen LogP) is 4.23. The monoisotopic (exact) mass is 297 g/mol. The molecule has 1 saturated carbocycles. The van der Waals surface area contributed by atoms with Gasteiger partial charge in [0.25, 0.3) is 0 Å². The summed E-state index contributed by atoms with van der Waals surface area (Å²) in [6, 6.07) is 3.96. The zero-order valence-electron chi connectivity index (χ0n) is 10.3. The summed E-state index contributed by atoms with van der Waals surface area (Å²) in [5.41, 5.74) is 1.48. The molecule has 3 heteroatoms. The van der Waals surface area contributed by atoms with E-state index in [1.807, 2.05) is 19.2 Å². The molecule has 0 aliphatic heterocycles. The summed E-state index contributed by atoms with van der Waals surface area (Å²) in [6.07, 6.45) is 9.00. The van der Waals surface area contributed by atoms with Crippen molar-refractivity contribution >= 4 is 22.0 Å². The quantitative estimate of drug-likeness (QED) is 0.900. The Bertz CT molecular complexity index is 377. The molecular weight excluding hydrogens is 278 g/mol. The molecule has 0 spiro atoms. The van der Waals surface area contributed by atoms with E-state index in [1.54, 1.807) is 0 Å². The van der Waals surface area contributed by atoms with E-state index >= 15 is 0 Å². The molecule has 0 amide bonds. The molecule has 1 N–H and O–H groups in total. The van der Waals surface area contributed by atoms with Crippen molar-refractivity contribution < 1.29 is 4.42 Å². The highest BCUT2D eigenvalue weighted by molar-refractivity contribution is 9.10. The second kappa shape index (κ2) is 6.41. The van der Waals surface area contributed by atoms with Crippen LogP contribution in [-0.2, 0) is 0 Å². The molecule has 0 aromatic carbocycles. The lowest BCUT2D eigenvalue weighted by atomic mass is 9.83. The van der Waals surface area contributed by atoms with E-state index < -0.39 is 0 Å². The lowest BCUT2D eigenvalue weighted by Crippen LogP contribution is -2.19. The van der Waals surface area contributed by atoms with Crippen LogP contribution in [0.2, 0.25) is 0 Å². The van der Waals surface area contributed by atoms with Gasteiger partial charge >= 0.3 is 0 Å². The summed E-state index contributed by atoms with van der Waals surface area (Å²) < 4.78 is 6.37. The molecule has 0 atom stereocenters. The first-order chi connectivity index (χ1) is 8.29. The van der Waals surface area contributed by atoms with Crippen LogP contribution in [0.25, 0.3) is 6.08 Å². The van der Waals surface area contributed by atoms with Crippen molar-refractivity contribution in [2.75, 3.05) is 13.6 Å². The van der Waals surface area contributed by atoms with E-state index in [-0.39, 0.29) is 0 Å². The Balaban J connectivity index is 2.12. The van der Waals surface area contributed by atoms with Gasteiger partial charge in [0, 0.05) is 6.54 Å². The van der Waals surface area contributed by atoms with Gasteiger partial charge in [-0.25, -0.2) is 0 Å². The molecule has 1 fully saturated rings. The van der Waals surface area contributed by atoms with Gasteiger partial charge in [-0.2, -0.15) is 0 Å². The standard InChI is InChI=1S/C14H20BrNO/c1-16-10-12(11-5-3-2-4-6-11)9-13-7-8-14(15)17-13/h7-9,11,16H,2-6,10H2,1H3. The third-order valence-corrected chi connectivity index (χ3v) is 3.86. The van der Waals surface area contributed by atoms with Crippen molar-refractivity contribution in [1.82, 2.24) is 5.32 Å². The van der Waals surface area contributed by atoms with E-state index in [2.05, 4.69) is 27.3 Å². The van der Waals surface area contributed by atoms with Gasteiger partial charge in [0.15, 0.2) is 4.67 Å². The van der Waals surface area contributed by atoms with Crippen LogP contribution in [0.15, 0.2) is 26.8 Å². The predicted molar refractivity (Wildman–Crippen MR) is 74.9 cm³/mol. The van der Waals surface area contributed by atoms with E-state index in [4.69, 9.17) is 4.42 Å². The molecule has 0 bridgehead atoms. The number of hydrogen-bond donors (Lipinski definition) is 1. The number of nitrogens with one attached hydrogen (secondary N) is 1. The zero-order valence-corrected chi connectivity index (χ0v) is 11.9. The number of rotatable bonds is 4. The molecule has 2 rings (SSSR count). The van der Waals surface area contributed by atoms with Crippen molar-refractivity contribution in [1.29, 1.82) is 0 Å². The molecular formula is C14H20BrNO. The van der Waals surface area contributed by atoms with E-state index in [0.717, 1.165) is 22.9 Å². The van der Waals surface area contributed by atoms with Gasteiger partial charge in [0.1, 0.15) is 5.76 Å². The maximum atomic E-state index is 5.56. The van der Waals surface area contributed by atoms with Crippen molar-refractivity contribution in [2.45, 2.75) is 32.1 Å². The molecule has 94 valence electrons. The molecule has 1 aliphatic rings. The molecule has 0 unspecified atom stereocenters. The SMILES string of the molecule is CNCC(=Cc1ccc(Br)o1)C1CCCCC1. The molecule has 1 aromatic rings. The Morgan fingerprint density at radius 1 is 1.41 bits per heavy atom. The fraction of sp³-hybridized carbons (Fsp3) is 0.571. The lowest BCUT2D eigenvalue weighted by Gasteiger charge is -2.24. The molecule has 1 aromatic heterocycles. The third kappa shape index (κ3) is 3.71. The maximum absolute atomic E-state index is 5.56. The van der Waals surface area contributed by atoms with Gasteiger partial charge in [-0.05, 0) is 65.5 Å². The maximum Gasteiger partial charge on any atom is 0.169 e. The Labute approximate surface area is 112 Å². The normalized spacial score (nSPS) is 18.6. The van der Waals surface area contributed by atoms with Crippen LogP contribution in [0.4, 0.5) is 0 Å². The van der Waals surface area contributed by atoms with E-state index in [0.29, 0.717) is 0 Å². The first-order valence-electron chi connectivity index (χ1n) is 6.40. The van der Waals surface area contributed by atoms with Crippen LogP contribution in [0.3, 0.4) is 0 Å². The van der Waals surface area contributed by atoms with Crippen LogP contribution < -0.4 is 5.32 Å². The highest BCUT2D eigenvalue weighted by Crippen LogP contribution is 2.31. The summed E-state index contributed by atoms with van der Waals surface area (Å²) in [6.45, 7) is 0.961. The van der Waals surface area contributed by atoms with Gasteiger partial charge in [0.05, 0.1) is 0 Å². The number of likely N-dealkylation sites (N-methyl/N-ethyl adjacent to an activating group) is 1.